The van der Waals surface area contributed by atoms with Gasteiger partial charge in [-0.05, 0) is 42.9 Å². The first-order valence-corrected chi connectivity index (χ1v) is 7.52. The maximum Gasteiger partial charge on any atom is 0.254 e. The van der Waals surface area contributed by atoms with Gasteiger partial charge in [-0.15, -0.1) is 0 Å². The third-order valence-corrected chi connectivity index (χ3v) is 4.40. The molecule has 0 saturated carbocycles. The minimum Gasteiger partial charge on any atom is -0.384 e. The highest BCUT2D eigenvalue weighted by Gasteiger charge is 2.27. The molecule has 1 aromatic rings. The highest BCUT2D eigenvalue weighted by Crippen LogP contribution is 2.24. The molecular formula is C18H23NO2. The second kappa shape index (κ2) is 6.78. The van der Waals surface area contributed by atoms with Gasteiger partial charge < -0.3 is 10.0 Å². The Bertz CT molecular complexity index is 583. The third kappa shape index (κ3) is 3.65. The van der Waals surface area contributed by atoms with Gasteiger partial charge in [0.2, 0.25) is 0 Å². The molecular weight excluding hydrogens is 262 g/mol. The summed E-state index contributed by atoms with van der Waals surface area (Å²) >= 11 is 0. The second-order valence-corrected chi connectivity index (χ2v) is 5.98. The Labute approximate surface area is 127 Å². The fourth-order valence-corrected chi connectivity index (χ4v) is 2.69. The molecule has 0 bridgehead atoms. The topological polar surface area (TPSA) is 40.5 Å². The Kier molecular flexibility index (Phi) is 5.03. The van der Waals surface area contributed by atoms with E-state index in [1.165, 1.54) is 0 Å². The zero-order valence-electron chi connectivity index (χ0n) is 13.0. The molecule has 1 aromatic carbocycles. The van der Waals surface area contributed by atoms with Crippen molar-refractivity contribution in [3.8, 4) is 11.8 Å². The molecule has 2 unspecified atom stereocenters. The zero-order chi connectivity index (χ0) is 15.4. The van der Waals surface area contributed by atoms with Crippen LogP contribution < -0.4 is 0 Å². The van der Waals surface area contributed by atoms with Crippen LogP contribution in [0.1, 0.15) is 41.8 Å². The number of aliphatic hydroxyl groups excluding tert-OH is 1. The number of amides is 1. The smallest absolute Gasteiger partial charge is 0.254 e. The van der Waals surface area contributed by atoms with E-state index in [0.29, 0.717) is 11.8 Å². The molecule has 0 radical (unpaired) electrons. The van der Waals surface area contributed by atoms with E-state index in [2.05, 4.69) is 25.7 Å². The van der Waals surface area contributed by atoms with Crippen molar-refractivity contribution in [1.29, 1.82) is 0 Å². The number of aryl methyl sites for hydroxylation is 1. The van der Waals surface area contributed by atoms with E-state index in [4.69, 9.17) is 5.11 Å². The van der Waals surface area contributed by atoms with Gasteiger partial charge in [0.25, 0.3) is 5.91 Å². The number of likely N-dealkylation sites (tertiary alicyclic amines) is 1. The van der Waals surface area contributed by atoms with Gasteiger partial charge in [0.05, 0.1) is 0 Å². The molecule has 1 saturated heterocycles. The standard InChI is InChI=1S/C18H23NO2/c1-13-8-9-19(12-15(13)3)18(21)17-11-16(5-4-10-20)7-6-14(17)2/h6-7,11,13,15,20H,8-10,12H2,1-3H3. The molecule has 3 nitrogen and oxygen atoms in total. The lowest BCUT2D eigenvalue weighted by molar-refractivity contribution is 0.0626. The van der Waals surface area contributed by atoms with Gasteiger partial charge in [-0.2, -0.15) is 0 Å². The van der Waals surface area contributed by atoms with Crippen LogP contribution >= 0.6 is 0 Å². The first kappa shape index (κ1) is 15.6. The van der Waals surface area contributed by atoms with Crippen LogP contribution in [0.5, 0.6) is 0 Å². The monoisotopic (exact) mass is 285 g/mol. The van der Waals surface area contributed by atoms with Gasteiger partial charge in [-0.25, -0.2) is 0 Å². The molecule has 1 N–H and O–H groups in total. The summed E-state index contributed by atoms with van der Waals surface area (Å²) in [6.07, 6.45) is 1.07. The number of hydrogen-bond acceptors (Lipinski definition) is 2. The molecule has 21 heavy (non-hydrogen) atoms. The quantitative estimate of drug-likeness (QED) is 0.805. The van der Waals surface area contributed by atoms with Crippen molar-refractivity contribution in [3.05, 3.63) is 34.9 Å². The van der Waals surface area contributed by atoms with Crippen LogP contribution in [-0.2, 0) is 0 Å². The number of carbonyl (C=O) groups excluding carboxylic acids is 1. The highest BCUT2D eigenvalue weighted by atomic mass is 16.2. The van der Waals surface area contributed by atoms with Crippen LogP contribution in [0.15, 0.2) is 18.2 Å². The maximum atomic E-state index is 12.7. The van der Waals surface area contributed by atoms with Crippen molar-refractivity contribution < 1.29 is 9.90 Å². The minimum absolute atomic E-state index is 0.0962. The number of aliphatic hydroxyl groups is 1. The molecule has 1 heterocycles. The number of benzene rings is 1. The SMILES string of the molecule is Cc1ccc(C#CCO)cc1C(=O)N1CCC(C)C(C)C1. The fourth-order valence-electron chi connectivity index (χ4n) is 2.69. The van der Waals surface area contributed by atoms with Crippen LogP contribution in [0.4, 0.5) is 0 Å². The predicted octanol–water partition coefficient (Wildman–Crippen LogP) is 2.46. The lowest BCUT2D eigenvalue weighted by Gasteiger charge is -2.35. The summed E-state index contributed by atoms with van der Waals surface area (Å²) < 4.78 is 0. The number of rotatable bonds is 1. The summed E-state index contributed by atoms with van der Waals surface area (Å²) in [5.74, 6) is 6.80. The first-order chi connectivity index (χ1) is 10.0. The zero-order valence-corrected chi connectivity index (χ0v) is 13.0. The van der Waals surface area contributed by atoms with E-state index >= 15 is 0 Å². The molecule has 1 aliphatic rings. The first-order valence-electron chi connectivity index (χ1n) is 7.52. The number of nitrogens with zero attached hydrogens (tertiary/aromatic N) is 1. The molecule has 1 fully saturated rings. The minimum atomic E-state index is -0.168. The predicted molar refractivity (Wildman–Crippen MR) is 84.0 cm³/mol. The van der Waals surface area contributed by atoms with Gasteiger partial charge in [-0.1, -0.05) is 31.8 Å². The second-order valence-electron chi connectivity index (χ2n) is 5.98. The van der Waals surface area contributed by atoms with Crippen molar-refractivity contribution in [2.75, 3.05) is 19.7 Å². The molecule has 0 aliphatic carbocycles. The summed E-state index contributed by atoms with van der Waals surface area (Å²) in [5, 5.41) is 8.77. The van der Waals surface area contributed by atoms with Crippen molar-refractivity contribution in [2.45, 2.75) is 27.2 Å². The fraction of sp³-hybridized carbons (Fsp3) is 0.500. The Morgan fingerprint density at radius 3 is 2.81 bits per heavy atom. The molecule has 112 valence electrons. The third-order valence-electron chi connectivity index (χ3n) is 4.40. The Morgan fingerprint density at radius 1 is 1.38 bits per heavy atom. The Balaban J connectivity index is 2.22. The largest absolute Gasteiger partial charge is 0.384 e. The maximum absolute atomic E-state index is 12.7. The van der Waals surface area contributed by atoms with Crippen LogP contribution in [0.25, 0.3) is 0 Å². The van der Waals surface area contributed by atoms with Gasteiger partial charge in [0.15, 0.2) is 0 Å². The van der Waals surface area contributed by atoms with E-state index < -0.39 is 0 Å². The Hall–Kier alpha value is -1.79. The summed E-state index contributed by atoms with van der Waals surface area (Å²) in [7, 11) is 0. The van der Waals surface area contributed by atoms with Crippen molar-refractivity contribution in [2.24, 2.45) is 11.8 Å². The van der Waals surface area contributed by atoms with Crippen molar-refractivity contribution >= 4 is 5.91 Å². The summed E-state index contributed by atoms with van der Waals surface area (Å²) in [6, 6.07) is 5.64. The Morgan fingerprint density at radius 2 is 2.14 bits per heavy atom. The van der Waals surface area contributed by atoms with Crippen LogP contribution in [0, 0.1) is 30.6 Å². The normalized spacial score (nSPS) is 21.6. The van der Waals surface area contributed by atoms with Gasteiger partial charge >= 0.3 is 0 Å². The molecule has 2 rings (SSSR count). The average molecular weight is 285 g/mol. The van der Waals surface area contributed by atoms with E-state index in [1.807, 2.05) is 30.0 Å². The molecule has 3 heteroatoms. The number of piperidine rings is 1. The number of carbonyl (C=O) groups is 1. The van der Waals surface area contributed by atoms with Crippen molar-refractivity contribution in [3.63, 3.8) is 0 Å². The summed E-state index contributed by atoms with van der Waals surface area (Å²) in [4.78, 5) is 14.7. The van der Waals surface area contributed by atoms with Crippen LogP contribution in [-0.4, -0.2) is 35.6 Å². The van der Waals surface area contributed by atoms with Gasteiger partial charge in [-0.3, -0.25) is 4.79 Å². The van der Waals surface area contributed by atoms with Crippen LogP contribution in [0.3, 0.4) is 0 Å². The number of hydrogen-bond donors (Lipinski definition) is 1. The molecule has 0 aromatic heterocycles. The molecule has 1 amide bonds. The lowest BCUT2D eigenvalue weighted by Crippen LogP contribution is -2.42. The molecule has 1 aliphatic heterocycles. The van der Waals surface area contributed by atoms with Crippen LogP contribution in [0.2, 0.25) is 0 Å². The van der Waals surface area contributed by atoms with E-state index in [-0.39, 0.29) is 12.5 Å². The average Bonchev–Trinajstić information content (AvgIpc) is 2.48. The van der Waals surface area contributed by atoms with E-state index in [9.17, 15) is 4.79 Å². The van der Waals surface area contributed by atoms with Gasteiger partial charge in [0, 0.05) is 24.2 Å². The summed E-state index contributed by atoms with van der Waals surface area (Å²) in [6.45, 7) is 7.90. The lowest BCUT2D eigenvalue weighted by atomic mass is 9.88. The van der Waals surface area contributed by atoms with E-state index in [1.54, 1.807) is 0 Å². The molecule has 2 atom stereocenters. The van der Waals surface area contributed by atoms with E-state index in [0.717, 1.165) is 36.2 Å². The molecule has 0 spiro atoms. The van der Waals surface area contributed by atoms with Gasteiger partial charge in [0.1, 0.15) is 6.61 Å². The summed E-state index contributed by atoms with van der Waals surface area (Å²) in [5.41, 5.74) is 2.47. The van der Waals surface area contributed by atoms with Crippen molar-refractivity contribution in [1.82, 2.24) is 4.90 Å². The highest BCUT2D eigenvalue weighted by molar-refractivity contribution is 5.96.